The van der Waals surface area contributed by atoms with Crippen molar-refractivity contribution in [3.63, 3.8) is 0 Å². The second-order valence-electron chi connectivity index (χ2n) is 7.47. The molecule has 11 nitrogen and oxygen atoms in total. The number of hydroxylamine groups is 1. The van der Waals surface area contributed by atoms with Gasteiger partial charge in [0.25, 0.3) is 0 Å². The van der Waals surface area contributed by atoms with Crippen LogP contribution in [0.5, 0.6) is 5.88 Å². The van der Waals surface area contributed by atoms with E-state index in [1.807, 2.05) is 22.8 Å². The maximum Gasteiger partial charge on any atom is 0.243 e. The Hall–Kier alpha value is -3.99. The number of nitrogen functional groups attached to an aromatic ring is 1. The van der Waals surface area contributed by atoms with Crippen LogP contribution in [0.1, 0.15) is 37.8 Å². The summed E-state index contributed by atoms with van der Waals surface area (Å²) in [5.74, 6) is 0.897. The summed E-state index contributed by atoms with van der Waals surface area (Å²) < 4.78 is 13.1. The van der Waals surface area contributed by atoms with E-state index in [0.717, 1.165) is 31.4 Å². The van der Waals surface area contributed by atoms with Gasteiger partial charge in [-0.05, 0) is 31.0 Å². The van der Waals surface area contributed by atoms with Gasteiger partial charge in [0.05, 0.1) is 31.4 Å². The molecule has 0 aliphatic rings. The third-order valence-corrected chi connectivity index (χ3v) is 5.02. The van der Waals surface area contributed by atoms with Crippen molar-refractivity contribution in [2.75, 3.05) is 12.3 Å². The van der Waals surface area contributed by atoms with E-state index in [1.165, 1.54) is 0 Å². The second kappa shape index (κ2) is 10.6. The number of aromatic nitrogens is 5. The number of hydrogen-bond donors (Lipinski definition) is 3. The summed E-state index contributed by atoms with van der Waals surface area (Å²) in [4.78, 5) is 28.6. The number of furan rings is 1. The van der Waals surface area contributed by atoms with Crippen LogP contribution in [0.25, 0.3) is 22.6 Å². The van der Waals surface area contributed by atoms with Gasteiger partial charge in [-0.15, -0.1) is 0 Å². The summed E-state index contributed by atoms with van der Waals surface area (Å²) in [7, 11) is 0. The van der Waals surface area contributed by atoms with Gasteiger partial charge in [0.2, 0.25) is 17.7 Å². The lowest BCUT2D eigenvalue weighted by Crippen LogP contribution is -2.17. The zero-order chi connectivity index (χ0) is 23.0. The molecule has 4 heterocycles. The van der Waals surface area contributed by atoms with Crippen molar-refractivity contribution >= 4 is 23.0 Å². The average molecular weight is 451 g/mol. The van der Waals surface area contributed by atoms with Crippen LogP contribution in [0.2, 0.25) is 0 Å². The fraction of sp³-hybridized carbons (Fsp3) is 0.318. The fourth-order valence-corrected chi connectivity index (χ4v) is 3.44. The van der Waals surface area contributed by atoms with Crippen LogP contribution in [0, 0.1) is 0 Å². The van der Waals surface area contributed by atoms with Crippen molar-refractivity contribution in [3.8, 4) is 17.3 Å². The number of nitrogens with one attached hydrogen (secondary N) is 1. The lowest BCUT2D eigenvalue weighted by Gasteiger charge is -2.08. The summed E-state index contributed by atoms with van der Waals surface area (Å²) in [5.41, 5.74) is 10.1. The van der Waals surface area contributed by atoms with Crippen molar-refractivity contribution in [2.45, 2.75) is 38.6 Å². The molecule has 4 aromatic rings. The fourth-order valence-electron chi connectivity index (χ4n) is 3.44. The van der Waals surface area contributed by atoms with Gasteiger partial charge in [0, 0.05) is 12.5 Å². The van der Waals surface area contributed by atoms with Crippen LogP contribution in [0.15, 0.2) is 47.3 Å². The molecule has 11 heteroatoms. The van der Waals surface area contributed by atoms with Crippen molar-refractivity contribution < 1.29 is 19.2 Å². The van der Waals surface area contributed by atoms with Gasteiger partial charge in [-0.1, -0.05) is 18.9 Å². The molecule has 0 aliphatic heterocycles. The van der Waals surface area contributed by atoms with Gasteiger partial charge in [-0.3, -0.25) is 10.0 Å². The molecule has 4 rings (SSSR count). The van der Waals surface area contributed by atoms with Crippen molar-refractivity contribution in [1.29, 1.82) is 0 Å². The third-order valence-electron chi connectivity index (χ3n) is 5.02. The Labute approximate surface area is 189 Å². The van der Waals surface area contributed by atoms with E-state index in [1.54, 1.807) is 30.2 Å². The van der Waals surface area contributed by atoms with E-state index >= 15 is 0 Å². The highest BCUT2D eigenvalue weighted by molar-refractivity contribution is 5.86. The predicted octanol–water partition coefficient (Wildman–Crippen LogP) is 2.95. The number of carbonyl (C=O) groups excluding carboxylic acids is 1. The molecule has 0 aromatic carbocycles. The number of imidazole rings is 1. The number of ether oxygens (including phenoxy) is 1. The molecular weight excluding hydrogens is 426 g/mol. The summed E-state index contributed by atoms with van der Waals surface area (Å²) in [6.45, 7) is 0.974. The first-order valence-corrected chi connectivity index (χ1v) is 10.7. The van der Waals surface area contributed by atoms with E-state index in [4.69, 9.17) is 20.1 Å². The molecule has 33 heavy (non-hydrogen) atoms. The topological polar surface area (TPSA) is 154 Å². The smallest absolute Gasteiger partial charge is 0.243 e. The molecule has 4 aromatic heterocycles. The SMILES string of the molecule is Nc1nc(-c2ccco2)c2ncn(Cc3cccc(OCCCCCCC(=O)NO)n3)c2n1. The van der Waals surface area contributed by atoms with E-state index in [0.29, 0.717) is 48.1 Å². The van der Waals surface area contributed by atoms with Crippen LogP contribution >= 0.6 is 0 Å². The number of nitrogens with zero attached hydrogens (tertiary/aromatic N) is 5. The van der Waals surface area contributed by atoms with Gasteiger partial charge in [-0.2, -0.15) is 4.98 Å². The molecule has 0 spiro atoms. The van der Waals surface area contributed by atoms with Crippen LogP contribution in [-0.4, -0.2) is 42.2 Å². The minimum absolute atomic E-state index is 0.137. The maximum atomic E-state index is 11.0. The number of amides is 1. The molecule has 0 aliphatic carbocycles. The quantitative estimate of drug-likeness (QED) is 0.177. The van der Waals surface area contributed by atoms with Crippen LogP contribution in [0.4, 0.5) is 5.95 Å². The average Bonchev–Trinajstić information content (AvgIpc) is 3.49. The van der Waals surface area contributed by atoms with Gasteiger partial charge in [0.1, 0.15) is 11.2 Å². The minimum Gasteiger partial charge on any atom is -0.478 e. The monoisotopic (exact) mass is 451 g/mol. The maximum absolute atomic E-state index is 11.0. The predicted molar refractivity (Wildman–Crippen MR) is 119 cm³/mol. The Kier molecular flexibility index (Phi) is 7.10. The molecule has 0 bridgehead atoms. The number of hydrogen-bond acceptors (Lipinski definition) is 9. The van der Waals surface area contributed by atoms with E-state index in [9.17, 15) is 4.79 Å². The zero-order valence-corrected chi connectivity index (χ0v) is 18.0. The zero-order valence-electron chi connectivity index (χ0n) is 18.0. The minimum atomic E-state index is -0.357. The lowest BCUT2D eigenvalue weighted by molar-refractivity contribution is -0.129. The number of anilines is 1. The molecule has 172 valence electrons. The molecule has 0 atom stereocenters. The van der Waals surface area contributed by atoms with Crippen molar-refractivity contribution in [1.82, 2.24) is 30.0 Å². The molecule has 1 amide bonds. The summed E-state index contributed by atoms with van der Waals surface area (Å²) >= 11 is 0. The van der Waals surface area contributed by atoms with Gasteiger partial charge in [-0.25, -0.2) is 20.4 Å². The third kappa shape index (κ3) is 5.63. The van der Waals surface area contributed by atoms with Crippen LogP contribution < -0.4 is 16.0 Å². The highest BCUT2D eigenvalue weighted by Gasteiger charge is 2.16. The van der Waals surface area contributed by atoms with Gasteiger partial charge in [0.15, 0.2) is 11.4 Å². The Morgan fingerprint density at radius 3 is 2.82 bits per heavy atom. The second-order valence-corrected chi connectivity index (χ2v) is 7.47. The highest BCUT2D eigenvalue weighted by atomic mass is 16.5. The van der Waals surface area contributed by atoms with E-state index in [-0.39, 0.29) is 11.9 Å². The molecule has 0 unspecified atom stereocenters. The lowest BCUT2D eigenvalue weighted by atomic mass is 10.1. The standard InChI is InChI=1S/C22H25N7O4/c23-22-26-19(16-8-6-12-32-16)20-21(27-22)29(14-24-20)13-15-7-5-10-18(25-15)33-11-4-2-1-3-9-17(30)28-31/h5-8,10,12,14,31H,1-4,9,11,13H2,(H,28,30)(H2,23,26,27). The Bertz CT molecular complexity index is 1210. The largest absolute Gasteiger partial charge is 0.478 e. The van der Waals surface area contributed by atoms with Gasteiger partial charge >= 0.3 is 0 Å². The number of fused-ring (bicyclic) bond motifs is 1. The number of nitrogens with two attached hydrogens (primary N) is 1. The molecule has 0 saturated carbocycles. The van der Waals surface area contributed by atoms with Crippen molar-refractivity contribution in [2.24, 2.45) is 0 Å². The molecule has 0 radical (unpaired) electrons. The number of unbranched alkanes of at least 4 members (excludes halogenated alkanes) is 3. The Balaban J connectivity index is 1.36. The molecule has 0 fully saturated rings. The first-order valence-electron chi connectivity index (χ1n) is 10.7. The molecule has 0 saturated heterocycles. The normalized spacial score (nSPS) is 11.1. The van der Waals surface area contributed by atoms with Crippen LogP contribution in [-0.2, 0) is 11.3 Å². The van der Waals surface area contributed by atoms with E-state index < -0.39 is 0 Å². The summed E-state index contributed by atoms with van der Waals surface area (Å²) in [5, 5.41) is 8.47. The summed E-state index contributed by atoms with van der Waals surface area (Å²) in [6, 6.07) is 9.19. The molecular formula is C22H25N7O4. The van der Waals surface area contributed by atoms with Gasteiger partial charge < -0.3 is 19.5 Å². The number of carbonyl (C=O) groups is 1. The Morgan fingerprint density at radius 2 is 2.00 bits per heavy atom. The first-order chi connectivity index (χ1) is 16.1. The van der Waals surface area contributed by atoms with E-state index in [2.05, 4.69) is 19.9 Å². The Morgan fingerprint density at radius 1 is 1.12 bits per heavy atom. The molecule has 4 N–H and O–H groups in total. The first kappa shape index (κ1) is 22.2. The number of rotatable bonds is 11. The van der Waals surface area contributed by atoms with Crippen LogP contribution in [0.3, 0.4) is 0 Å². The number of pyridine rings is 1. The highest BCUT2D eigenvalue weighted by Crippen LogP contribution is 2.26. The summed E-state index contributed by atoms with van der Waals surface area (Å²) in [6.07, 6.45) is 6.98. The van der Waals surface area contributed by atoms with Crippen molar-refractivity contribution in [3.05, 3.63) is 48.6 Å².